The summed E-state index contributed by atoms with van der Waals surface area (Å²) in [6.45, 7) is 0.423. The number of nitrogens with one attached hydrogen (secondary N) is 1. The molecule has 3 nitrogen and oxygen atoms in total. The second-order valence-corrected chi connectivity index (χ2v) is 5.67. The maximum atomic E-state index is 12.8. The highest BCUT2D eigenvalue weighted by Crippen LogP contribution is 2.21. The van der Waals surface area contributed by atoms with E-state index in [1.807, 2.05) is 6.07 Å². The van der Waals surface area contributed by atoms with Crippen LogP contribution in [0.1, 0.15) is 15.2 Å². The van der Waals surface area contributed by atoms with Crippen molar-refractivity contribution < 1.29 is 14.3 Å². The lowest BCUT2D eigenvalue weighted by Gasteiger charge is -2.06. The largest absolute Gasteiger partial charge is 0.507 e. The van der Waals surface area contributed by atoms with Crippen LogP contribution < -0.4 is 5.32 Å². The zero-order valence-electron chi connectivity index (χ0n) is 9.82. The van der Waals surface area contributed by atoms with Crippen LogP contribution in [-0.4, -0.2) is 17.6 Å². The van der Waals surface area contributed by atoms with Crippen molar-refractivity contribution in [1.29, 1.82) is 0 Å². The SMILES string of the molecule is O=C(NCCc1ccc(Cl)s1)c1ccc(F)cc1O. The molecule has 0 saturated heterocycles. The van der Waals surface area contributed by atoms with Crippen molar-refractivity contribution in [2.45, 2.75) is 6.42 Å². The van der Waals surface area contributed by atoms with Crippen molar-refractivity contribution in [2.75, 3.05) is 6.54 Å². The van der Waals surface area contributed by atoms with E-state index in [0.717, 1.165) is 17.0 Å². The molecule has 1 amide bonds. The molecule has 100 valence electrons. The maximum absolute atomic E-state index is 12.8. The highest BCUT2D eigenvalue weighted by molar-refractivity contribution is 7.16. The van der Waals surface area contributed by atoms with Crippen molar-refractivity contribution in [3.05, 3.63) is 50.9 Å². The first-order valence-electron chi connectivity index (χ1n) is 5.57. The number of phenols is 1. The van der Waals surface area contributed by atoms with Crippen LogP contribution in [0.15, 0.2) is 30.3 Å². The Morgan fingerprint density at radius 3 is 2.79 bits per heavy atom. The summed E-state index contributed by atoms with van der Waals surface area (Å²) in [6, 6.07) is 6.99. The molecule has 0 saturated carbocycles. The van der Waals surface area contributed by atoms with E-state index in [1.54, 1.807) is 6.07 Å². The third-order valence-corrected chi connectivity index (χ3v) is 3.78. The fourth-order valence-corrected chi connectivity index (χ4v) is 2.66. The van der Waals surface area contributed by atoms with Crippen LogP contribution in [0.3, 0.4) is 0 Å². The van der Waals surface area contributed by atoms with E-state index in [4.69, 9.17) is 11.6 Å². The van der Waals surface area contributed by atoms with Gasteiger partial charge in [-0.2, -0.15) is 0 Å². The maximum Gasteiger partial charge on any atom is 0.255 e. The fourth-order valence-electron chi connectivity index (χ4n) is 1.58. The molecule has 0 unspecified atom stereocenters. The minimum atomic E-state index is -0.581. The van der Waals surface area contributed by atoms with E-state index >= 15 is 0 Å². The van der Waals surface area contributed by atoms with Gasteiger partial charge >= 0.3 is 0 Å². The summed E-state index contributed by atoms with van der Waals surface area (Å²) < 4.78 is 13.5. The molecule has 0 aliphatic carbocycles. The second kappa shape index (κ2) is 6.04. The van der Waals surface area contributed by atoms with Crippen LogP contribution >= 0.6 is 22.9 Å². The lowest BCUT2D eigenvalue weighted by atomic mass is 10.2. The molecule has 0 spiro atoms. The van der Waals surface area contributed by atoms with E-state index < -0.39 is 11.7 Å². The number of carbonyl (C=O) groups excluding carboxylic acids is 1. The Morgan fingerprint density at radius 2 is 2.16 bits per heavy atom. The Morgan fingerprint density at radius 1 is 1.37 bits per heavy atom. The summed E-state index contributed by atoms with van der Waals surface area (Å²) in [6.07, 6.45) is 0.658. The second-order valence-electron chi connectivity index (χ2n) is 3.87. The van der Waals surface area contributed by atoms with Crippen molar-refractivity contribution in [1.82, 2.24) is 5.32 Å². The summed E-state index contributed by atoms with van der Waals surface area (Å²) in [4.78, 5) is 12.8. The van der Waals surface area contributed by atoms with Crippen molar-refractivity contribution in [3.8, 4) is 5.75 Å². The molecule has 0 aliphatic rings. The molecule has 2 N–H and O–H groups in total. The Bertz CT molecular complexity index is 600. The topological polar surface area (TPSA) is 49.3 Å². The molecule has 1 heterocycles. The summed E-state index contributed by atoms with van der Waals surface area (Å²) in [5, 5.41) is 12.1. The lowest BCUT2D eigenvalue weighted by Crippen LogP contribution is -2.25. The number of aromatic hydroxyl groups is 1. The molecular weight excluding hydrogens is 289 g/mol. The molecular formula is C13H11ClFNO2S. The predicted molar refractivity (Wildman–Crippen MR) is 73.4 cm³/mol. The zero-order chi connectivity index (χ0) is 13.8. The number of rotatable bonds is 4. The van der Waals surface area contributed by atoms with Gasteiger partial charge in [0.15, 0.2) is 0 Å². The lowest BCUT2D eigenvalue weighted by molar-refractivity contribution is 0.0951. The normalized spacial score (nSPS) is 10.4. The number of hydrogen-bond donors (Lipinski definition) is 2. The van der Waals surface area contributed by atoms with Crippen LogP contribution in [0.2, 0.25) is 4.34 Å². The quantitative estimate of drug-likeness (QED) is 0.911. The average molecular weight is 300 g/mol. The van der Waals surface area contributed by atoms with E-state index in [-0.39, 0.29) is 11.3 Å². The van der Waals surface area contributed by atoms with Crippen LogP contribution in [0.4, 0.5) is 4.39 Å². The molecule has 2 aromatic rings. The van der Waals surface area contributed by atoms with E-state index in [2.05, 4.69) is 5.32 Å². The Hall–Kier alpha value is -1.59. The standard InChI is InChI=1S/C13H11ClFNO2S/c14-12-4-2-9(19-12)5-6-16-13(18)10-3-1-8(15)7-11(10)17/h1-4,7,17H,5-6H2,(H,16,18). The monoisotopic (exact) mass is 299 g/mol. The van der Waals surface area contributed by atoms with Gasteiger partial charge in [0, 0.05) is 17.5 Å². The smallest absolute Gasteiger partial charge is 0.255 e. The van der Waals surface area contributed by atoms with Gasteiger partial charge in [-0.1, -0.05) is 11.6 Å². The molecule has 0 aliphatic heterocycles. The number of benzene rings is 1. The van der Waals surface area contributed by atoms with Gasteiger partial charge < -0.3 is 10.4 Å². The van der Waals surface area contributed by atoms with Crippen LogP contribution in [0.25, 0.3) is 0 Å². The summed E-state index contributed by atoms with van der Waals surface area (Å²) >= 11 is 7.25. The molecule has 0 atom stereocenters. The van der Waals surface area contributed by atoms with Crippen LogP contribution in [-0.2, 0) is 6.42 Å². The molecule has 6 heteroatoms. The Kier molecular flexibility index (Phi) is 4.39. The van der Waals surface area contributed by atoms with Crippen molar-refractivity contribution >= 4 is 28.8 Å². The van der Waals surface area contributed by atoms with Crippen LogP contribution in [0, 0.1) is 5.82 Å². The van der Waals surface area contributed by atoms with Gasteiger partial charge in [-0.05, 0) is 30.7 Å². The number of phenolic OH excluding ortho intramolecular Hbond substituents is 1. The number of thiophene rings is 1. The number of hydrogen-bond acceptors (Lipinski definition) is 3. The molecule has 2 rings (SSSR count). The van der Waals surface area contributed by atoms with Crippen molar-refractivity contribution in [2.24, 2.45) is 0 Å². The summed E-state index contributed by atoms with van der Waals surface area (Å²) in [7, 11) is 0. The van der Waals surface area contributed by atoms with Gasteiger partial charge in [0.2, 0.25) is 0 Å². The van der Waals surface area contributed by atoms with Gasteiger partial charge in [0.05, 0.1) is 9.90 Å². The minimum absolute atomic E-state index is 0.0608. The first kappa shape index (κ1) is 13.8. The minimum Gasteiger partial charge on any atom is -0.507 e. The highest BCUT2D eigenvalue weighted by Gasteiger charge is 2.11. The molecule has 19 heavy (non-hydrogen) atoms. The third-order valence-electron chi connectivity index (χ3n) is 2.49. The fraction of sp³-hybridized carbons (Fsp3) is 0.154. The zero-order valence-corrected chi connectivity index (χ0v) is 11.4. The molecule has 1 aromatic heterocycles. The predicted octanol–water partition coefficient (Wildman–Crippen LogP) is 3.22. The van der Waals surface area contributed by atoms with Gasteiger partial charge in [-0.3, -0.25) is 4.79 Å². The Labute approximate surface area is 118 Å². The third kappa shape index (κ3) is 3.68. The van der Waals surface area contributed by atoms with Crippen molar-refractivity contribution in [3.63, 3.8) is 0 Å². The number of carbonyl (C=O) groups is 1. The van der Waals surface area contributed by atoms with Gasteiger partial charge in [-0.25, -0.2) is 4.39 Å². The summed E-state index contributed by atoms with van der Waals surface area (Å²) in [5.41, 5.74) is 0.0608. The number of amides is 1. The average Bonchev–Trinajstić information content (AvgIpc) is 2.75. The molecule has 0 radical (unpaired) electrons. The van der Waals surface area contributed by atoms with Crippen LogP contribution in [0.5, 0.6) is 5.75 Å². The number of halogens is 2. The first-order chi connectivity index (χ1) is 9.06. The van der Waals surface area contributed by atoms with E-state index in [0.29, 0.717) is 17.3 Å². The molecule has 1 aromatic carbocycles. The molecule has 0 bridgehead atoms. The highest BCUT2D eigenvalue weighted by atomic mass is 35.5. The summed E-state index contributed by atoms with van der Waals surface area (Å²) in [5.74, 6) is -1.38. The van der Waals surface area contributed by atoms with E-state index in [9.17, 15) is 14.3 Å². The van der Waals surface area contributed by atoms with E-state index in [1.165, 1.54) is 17.4 Å². The molecule has 0 fully saturated rings. The van der Waals surface area contributed by atoms with Gasteiger partial charge in [0.25, 0.3) is 5.91 Å². The first-order valence-corrected chi connectivity index (χ1v) is 6.76. The Balaban J connectivity index is 1.90. The van der Waals surface area contributed by atoms with Gasteiger partial charge in [0.1, 0.15) is 11.6 Å². The van der Waals surface area contributed by atoms with Gasteiger partial charge in [-0.15, -0.1) is 11.3 Å².